The second-order valence-corrected chi connectivity index (χ2v) is 11.6. The summed E-state index contributed by atoms with van der Waals surface area (Å²) in [5.74, 6) is -1.16. The lowest BCUT2D eigenvalue weighted by Gasteiger charge is -2.44. The van der Waals surface area contributed by atoms with Gasteiger partial charge in [-0.2, -0.15) is 30.6 Å². The number of hydrogen-bond donors (Lipinski definition) is 2. The van der Waals surface area contributed by atoms with E-state index in [1.807, 2.05) is 4.90 Å². The molecule has 2 aliphatic rings. The highest BCUT2D eigenvalue weighted by Gasteiger charge is 2.55. The number of anilines is 1. The number of benzene rings is 1. The lowest BCUT2D eigenvalue weighted by atomic mass is 9.95. The zero-order chi connectivity index (χ0) is 27.5. The molecule has 0 unspecified atom stereocenters. The van der Waals surface area contributed by atoms with Crippen molar-refractivity contribution < 1.29 is 44.8 Å². The summed E-state index contributed by atoms with van der Waals surface area (Å²) in [5, 5.41) is 9.23. The number of hydrogen-bond acceptors (Lipinski definition) is 6. The van der Waals surface area contributed by atoms with Gasteiger partial charge in [0.15, 0.2) is 4.75 Å². The van der Waals surface area contributed by atoms with Crippen molar-refractivity contribution in [3.05, 3.63) is 29.8 Å². The molecule has 0 atom stereocenters. The fraction of sp³-hybridized carbons (Fsp3) is 0.682. The van der Waals surface area contributed by atoms with Crippen LogP contribution in [0.15, 0.2) is 24.3 Å². The van der Waals surface area contributed by atoms with Crippen molar-refractivity contribution in [3.63, 3.8) is 0 Å². The number of amides is 1. The van der Waals surface area contributed by atoms with Gasteiger partial charge < -0.3 is 4.90 Å². The van der Waals surface area contributed by atoms with Crippen LogP contribution in [0.3, 0.4) is 0 Å². The van der Waals surface area contributed by atoms with Crippen molar-refractivity contribution in [1.29, 1.82) is 0 Å². The van der Waals surface area contributed by atoms with Crippen LogP contribution < -0.4 is 10.4 Å². The first-order chi connectivity index (χ1) is 17.2. The molecule has 1 amide bonds. The quantitative estimate of drug-likeness (QED) is 0.272. The van der Waals surface area contributed by atoms with Gasteiger partial charge in [0.2, 0.25) is 10.0 Å². The van der Waals surface area contributed by atoms with E-state index in [1.165, 1.54) is 5.48 Å². The van der Waals surface area contributed by atoms with E-state index in [2.05, 4.69) is 0 Å². The van der Waals surface area contributed by atoms with E-state index >= 15 is 0 Å². The average molecular weight is 597 g/mol. The summed E-state index contributed by atoms with van der Waals surface area (Å²) >= 11 is 0. The fourth-order valence-corrected chi connectivity index (χ4v) is 6.95. The van der Waals surface area contributed by atoms with Gasteiger partial charge in [0.25, 0.3) is 5.91 Å². The van der Waals surface area contributed by atoms with Crippen LogP contribution in [0.2, 0.25) is 0 Å². The van der Waals surface area contributed by atoms with E-state index in [4.69, 9.17) is 0 Å². The summed E-state index contributed by atoms with van der Waals surface area (Å²) < 4.78 is 101. The van der Waals surface area contributed by atoms with Crippen LogP contribution in [0, 0.1) is 0 Å². The number of carbonyl (C=O) groups excluding carboxylic acids is 1. The van der Waals surface area contributed by atoms with Gasteiger partial charge in [-0.25, -0.2) is 13.9 Å². The molecule has 0 radical (unpaired) electrons. The van der Waals surface area contributed by atoms with Crippen LogP contribution in [-0.4, -0.2) is 91.7 Å². The van der Waals surface area contributed by atoms with Gasteiger partial charge in [-0.3, -0.25) is 14.9 Å². The second-order valence-electron chi connectivity index (χ2n) is 9.35. The van der Waals surface area contributed by atoms with E-state index in [1.54, 1.807) is 24.3 Å². The molecular formula is C22H31ClF6N4O4S. The minimum atomic E-state index is -4.46. The zero-order valence-electron chi connectivity index (χ0n) is 20.4. The SMILES string of the molecule is Cl.O=C(NO)C1(S(=O)(=O)N2CCN(c3ccc(CCCC(F)(F)F)cc3)CC2)CCN(CC(F)(F)F)CC1. The third kappa shape index (κ3) is 7.87. The standard InChI is InChI=1S/C22H30F6N4O4S.ClH/c23-21(24,25)7-1-2-17-3-5-18(6-4-17)31-12-14-32(15-13-31)37(35,36)20(19(33)29-34)8-10-30(11-9-20)16-22(26,27)28;/h3-6,34H,1-2,7-16H2,(H,29,33);1H. The van der Waals surface area contributed by atoms with Gasteiger partial charge in [0.1, 0.15) is 0 Å². The van der Waals surface area contributed by atoms with Crippen molar-refractivity contribution in [2.24, 2.45) is 0 Å². The average Bonchev–Trinajstić information content (AvgIpc) is 2.83. The summed E-state index contributed by atoms with van der Waals surface area (Å²) in [6, 6.07) is 6.96. The van der Waals surface area contributed by atoms with Crippen molar-refractivity contribution >= 4 is 34.0 Å². The largest absolute Gasteiger partial charge is 0.401 e. The Morgan fingerprint density at radius 1 is 0.921 bits per heavy atom. The van der Waals surface area contributed by atoms with E-state index in [9.17, 15) is 44.8 Å². The third-order valence-electron chi connectivity index (χ3n) is 6.88. The Morgan fingerprint density at radius 3 is 1.95 bits per heavy atom. The number of aryl methyl sites for hydroxylation is 1. The Kier molecular flexibility index (Phi) is 10.7. The summed E-state index contributed by atoms with van der Waals surface area (Å²) in [4.78, 5) is 15.5. The Labute approximate surface area is 223 Å². The summed E-state index contributed by atoms with van der Waals surface area (Å²) in [6.45, 7) is -1.20. The zero-order valence-corrected chi connectivity index (χ0v) is 22.0. The van der Waals surface area contributed by atoms with E-state index in [-0.39, 0.29) is 64.5 Å². The van der Waals surface area contributed by atoms with Crippen LogP contribution in [-0.2, 0) is 21.2 Å². The number of likely N-dealkylation sites (tertiary alicyclic amines) is 1. The summed E-state index contributed by atoms with van der Waals surface area (Å²) in [7, 11) is -4.33. The van der Waals surface area contributed by atoms with E-state index in [0.29, 0.717) is 0 Å². The number of alkyl halides is 6. The molecule has 8 nitrogen and oxygen atoms in total. The maximum Gasteiger partial charge on any atom is 0.401 e. The van der Waals surface area contributed by atoms with Gasteiger partial charge in [0, 0.05) is 51.4 Å². The van der Waals surface area contributed by atoms with Crippen molar-refractivity contribution in [2.45, 2.75) is 49.2 Å². The van der Waals surface area contributed by atoms with Crippen LogP contribution in [0.1, 0.15) is 31.2 Å². The lowest BCUT2D eigenvalue weighted by Crippen LogP contribution is -2.64. The normalized spacial score (nSPS) is 19.6. The molecule has 2 heterocycles. The minimum absolute atomic E-state index is 0. The number of halogens is 7. The third-order valence-corrected chi connectivity index (χ3v) is 9.51. The molecule has 0 bridgehead atoms. The molecule has 1 aromatic carbocycles. The molecule has 38 heavy (non-hydrogen) atoms. The molecule has 2 N–H and O–H groups in total. The van der Waals surface area contributed by atoms with Gasteiger partial charge in [0.05, 0.1) is 6.54 Å². The van der Waals surface area contributed by atoms with Crippen molar-refractivity contribution in [1.82, 2.24) is 14.7 Å². The first-order valence-corrected chi connectivity index (χ1v) is 13.2. The molecule has 1 aromatic rings. The van der Waals surface area contributed by atoms with Gasteiger partial charge >= 0.3 is 12.4 Å². The molecule has 0 aromatic heterocycles. The Morgan fingerprint density at radius 2 is 1.47 bits per heavy atom. The number of piperidine rings is 1. The number of piperazine rings is 1. The highest BCUT2D eigenvalue weighted by molar-refractivity contribution is 7.91. The molecule has 3 rings (SSSR count). The molecule has 2 fully saturated rings. The Hall–Kier alpha value is -1.81. The predicted octanol–water partition coefficient (Wildman–Crippen LogP) is 3.35. The fourth-order valence-electron chi connectivity index (χ4n) is 4.83. The number of sulfonamides is 1. The van der Waals surface area contributed by atoms with Crippen LogP contribution in [0.5, 0.6) is 0 Å². The lowest BCUT2D eigenvalue weighted by molar-refractivity contribution is -0.150. The molecule has 2 aliphatic heterocycles. The monoisotopic (exact) mass is 596 g/mol. The highest BCUT2D eigenvalue weighted by atomic mass is 35.5. The molecule has 16 heteroatoms. The predicted molar refractivity (Wildman–Crippen MR) is 130 cm³/mol. The minimum Gasteiger partial charge on any atom is -0.369 e. The Bertz CT molecular complexity index is 1020. The van der Waals surface area contributed by atoms with E-state index < -0.39 is 58.8 Å². The highest BCUT2D eigenvalue weighted by Crippen LogP contribution is 2.35. The van der Waals surface area contributed by atoms with Crippen molar-refractivity contribution in [3.8, 4) is 0 Å². The maximum absolute atomic E-state index is 13.5. The van der Waals surface area contributed by atoms with Gasteiger partial charge in [-0.1, -0.05) is 12.1 Å². The molecule has 0 aliphatic carbocycles. The molecule has 0 saturated carbocycles. The van der Waals surface area contributed by atoms with Crippen LogP contribution >= 0.6 is 12.4 Å². The molecule has 0 spiro atoms. The maximum atomic E-state index is 13.5. The number of hydroxylamine groups is 1. The molecule has 218 valence electrons. The van der Waals surface area contributed by atoms with Gasteiger partial charge in [-0.05, 0) is 43.4 Å². The second kappa shape index (κ2) is 12.6. The van der Waals surface area contributed by atoms with E-state index in [0.717, 1.165) is 20.5 Å². The topological polar surface area (TPSA) is 93.2 Å². The Balaban J connectivity index is 0.00000507. The smallest absolute Gasteiger partial charge is 0.369 e. The number of carbonyl (C=O) groups is 1. The van der Waals surface area contributed by atoms with Crippen molar-refractivity contribution in [2.75, 3.05) is 50.7 Å². The summed E-state index contributed by atoms with van der Waals surface area (Å²) in [6.07, 6.45) is -10.0. The van der Waals surface area contributed by atoms with Crippen LogP contribution in [0.25, 0.3) is 0 Å². The van der Waals surface area contributed by atoms with Gasteiger partial charge in [-0.15, -0.1) is 12.4 Å². The first kappa shape index (κ1) is 32.4. The number of nitrogens with one attached hydrogen (secondary N) is 1. The first-order valence-electron chi connectivity index (χ1n) is 11.8. The molecular weight excluding hydrogens is 566 g/mol. The molecule has 2 saturated heterocycles. The number of nitrogens with zero attached hydrogens (tertiary/aromatic N) is 3. The summed E-state index contributed by atoms with van der Waals surface area (Å²) in [5.41, 5.74) is 2.90. The number of rotatable bonds is 8. The van der Waals surface area contributed by atoms with Crippen LogP contribution in [0.4, 0.5) is 32.0 Å².